The SMILES string of the molecule is COc1ccc(C=C(SCc2ccc(Cl)cc2)C(=O)c2ccc(Br)cc2)cc1. The fourth-order valence-electron chi connectivity index (χ4n) is 2.51. The molecule has 0 radical (unpaired) electrons. The number of hydrogen-bond donors (Lipinski definition) is 0. The maximum absolute atomic E-state index is 13.1. The molecule has 3 rings (SSSR count). The van der Waals surface area contributed by atoms with Crippen LogP contribution in [-0.2, 0) is 5.75 Å². The maximum atomic E-state index is 13.1. The second-order valence-electron chi connectivity index (χ2n) is 6.03. The molecule has 3 aromatic carbocycles. The van der Waals surface area contributed by atoms with Gasteiger partial charge in [0.1, 0.15) is 5.75 Å². The Morgan fingerprint density at radius 2 is 1.64 bits per heavy atom. The molecule has 0 bridgehead atoms. The van der Waals surface area contributed by atoms with Gasteiger partial charge in [-0.05, 0) is 65.7 Å². The van der Waals surface area contributed by atoms with Gasteiger partial charge < -0.3 is 4.74 Å². The molecule has 3 aromatic rings. The number of carbonyl (C=O) groups excluding carboxylic acids is 1. The van der Waals surface area contributed by atoms with Crippen molar-refractivity contribution in [1.82, 2.24) is 0 Å². The van der Waals surface area contributed by atoms with Crippen LogP contribution in [0.25, 0.3) is 6.08 Å². The molecule has 0 N–H and O–H groups in total. The van der Waals surface area contributed by atoms with E-state index in [9.17, 15) is 4.79 Å². The second-order valence-corrected chi connectivity index (χ2v) is 8.40. The number of Topliss-reactive ketones (excluding diaryl/α,β-unsaturated/α-hetero) is 1. The monoisotopic (exact) mass is 472 g/mol. The van der Waals surface area contributed by atoms with Gasteiger partial charge in [0.15, 0.2) is 5.78 Å². The lowest BCUT2D eigenvalue weighted by molar-refractivity contribution is 0.104. The molecule has 0 heterocycles. The average Bonchev–Trinajstić information content (AvgIpc) is 2.73. The topological polar surface area (TPSA) is 26.3 Å². The van der Waals surface area contributed by atoms with Crippen molar-refractivity contribution >= 4 is 51.2 Å². The molecular weight excluding hydrogens is 456 g/mol. The lowest BCUT2D eigenvalue weighted by atomic mass is 10.1. The molecule has 0 atom stereocenters. The zero-order valence-electron chi connectivity index (χ0n) is 15.2. The van der Waals surface area contributed by atoms with Gasteiger partial charge in [-0.1, -0.05) is 51.8 Å². The van der Waals surface area contributed by atoms with Crippen molar-refractivity contribution < 1.29 is 9.53 Å². The summed E-state index contributed by atoms with van der Waals surface area (Å²) in [6.07, 6.45) is 1.92. The first-order valence-corrected chi connectivity index (χ1v) is 10.7. The van der Waals surface area contributed by atoms with Gasteiger partial charge in [-0.15, -0.1) is 11.8 Å². The molecule has 0 aliphatic rings. The number of methoxy groups -OCH3 is 1. The molecule has 2 nitrogen and oxygen atoms in total. The van der Waals surface area contributed by atoms with E-state index in [1.54, 1.807) is 7.11 Å². The molecule has 0 amide bonds. The van der Waals surface area contributed by atoms with Crippen LogP contribution in [-0.4, -0.2) is 12.9 Å². The minimum Gasteiger partial charge on any atom is -0.497 e. The molecule has 142 valence electrons. The first-order valence-electron chi connectivity index (χ1n) is 8.58. The highest BCUT2D eigenvalue weighted by Gasteiger charge is 2.14. The number of allylic oxidation sites excluding steroid dienone is 1. The van der Waals surface area contributed by atoms with E-state index in [0.29, 0.717) is 21.2 Å². The number of halogens is 2. The molecule has 5 heteroatoms. The predicted molar refractivity (Wildman–Crippen MR) is 122 cm³/mol. The second kappa shape index (κ2) is 9.97. The molecule has 0 aliphatic carbocycles. The smallest absolute Gasteiger partial charge is 0.199 e. The standard InChI is InChI=1S/C23H18BrClO2S/c1-27-21-12-4-16(5-13-21)14-22(23(26)18-6-8-19(24)9-7-18)28-15-17-2-10-20(25)11-3-17/h2-14H,15H2,1H3. The first kappa shape index (κ1) is 20.7. The van der Waals surface area contributed by atoms with Gasteiger partial charge in [0.05, 0.1) is 12.0 Å². The third-order valence-electron chi connectivity index (χ3n) is 4.05. The fraction of sp³-hybridized carbons (Fsp3) is 0.0870. The zero-order valence-corrected chi connectivity index (χ0v) is 18.4. The largest absolute Gasteiger partial charge is 0.497 e. The Bertz CT molecular complexity index is 965. The van der Waals surface area contributed by atoms with E-state index >= 15 is 0 Å². The van der Waals surface area contributed by atoms with Crippen LogP contribution >= 0.6 is 39.3 Å². The van der Waals surface area contributed by atoms with Crippen LogP contribution in [0.4, 0.5) is 0 Å². The van der Waals surface area contributed by atoms with Crippen molar-refractivity contribution in [2.24, 2.45) is 0 Å². The summed E-state index contributed by atoms with van der Waals surface area (Å²) in [6.45, 7) is 0. The van der Waals surface area contributed by atoms with Crippen molar-refractivity contribution in [2.45, 2.75) is 5.75 Å². The highest BCUT2D eigenvalue weighted by Crippen LogP contribution is 2.28. The number of ether oxygens (including phenoxy) is 1. The fourth-order valence-corrected chi connectivity index (χ4v) is 3.88. The zero-order chi connectivity index (χ0) is 19.9. The summed E-state index contributed by atoms with van der Waals surface area (Å²) in [6, 6.07) is 22.7. The summed E-state index contributed by atoms with van der Waals surface area (Å²) in [7, 11) is 1.63. The molecule has 0 fully saturated rings. The van der Waals surface area contributed by atoms with Crippen molar-refractivity contribution in [3.05, 3.63) is 104 Å². The highest BCUT2D eigenvalue weighted by molar-refractivity contribution is 9.10. The van der Waals surface area contributed by atoms with Gasteiger partial charge >= 0.3 is 0 Å². The highest BCUT2D eigenvalue weighted by atomic mass is 79.9. The Morgan fingerprint density at radius 1 is 1.00 bits per heavy atom. The molecule has 0 unspecified atom stereocenters. The third-order valence-corrected chi connectivity index (χ3v) is 5.92. The van der Waals surface area contributed by atoms with Crippen LogP contribution in [0.5, 0.6) is 5.75 Å². The summed E-state index contributed by atoms with van der Waals surface area (Å²) >= 11 is 10.9. The minimum absolute atomic E-state index is 0.00211. The van der Waals surface area contributed by atoms with Crippen LogP contribution in [0.3, 0.4) is 0 Å². The maximum Gasteiger partial charge on any atom is 0.199 e. The predicted octanol–water partition coefficient (Wildman–Crippen LogP) is 7.27. The van der Waals surface area contributed by atoms with E-state index in [1.165, 1.54) is 11.8 Å². The summed E-state index contributed by atoms with van der Waals surface area (Å²) in [4.78, 5) is 13.8. The van der Waals surface area contributed by atoms with Crippen LogP contribution in [0.1, 0.15) is 21.5 Å². The lowest BCUT2D eigenvalue weighted by Crippen LogP contribution is -2.01. The van der Waals surface area contributed by atoms with E-state index in [0.717, 1.165) is 21.3 Å². The molecule has 0 aliphatic heterocycles. The lowest BCUT2D eigenvalue weighted by Gasteiger charge is -2.08. The van der Waals surface area contributed by atoms with Gasteiger partial charge in [-0.3, -0.25) is 4.79 Å². The third kappa shape index (κ3) is 5.74. The van der Waals surface area contributed by atoms with Gasteiger partial charge in [-0.25, -0.2) is 0 Å². The summed E-state index contributed by atoms with van der Waals surface area (Å²) < 4.78 is 6.15. The van der Waals surface area contributed by atoms with E-state index in [-0.39, 0.29) is 5.78 Å². The molecular formula is C23H18BrClO2S. The van der Waals surface area contributed by atoms with E-state index in [4.69, 9.17) is 16.3 Å². The van der Waals surface area contributed by atoms with Crippen LogP contribution in [0, 0.1) is 0 Å². The molecule has 0 saturated heterocycles. The molecule has 0 saturated carbocycles. The van der Waals surface area contributed by atoms with Crippen LogP contribution < -0.4 is 4.74 Å². The minimum atomic E-state index is 0.00211. The number of rotatable bonds is 7. The quantitative estimate of drug-likeness (QED) is 0.267. The molecule has 0 aromatic heterocycles. The Hall–Kier alpha value is -2.01. The number of thioether (sulfide) groups is 1. The van der Waals surface area contributed by atoms with Gasteiger partial charge in [-0.2, -0.15) is 0 Å². The summed E-state index contributed by atoms with van der Waals surface area (Å²) in [5.74, 6) is 1.47. The number of hydrogen-bond acceptors (Lipinski definition) is 3. The summed E-state index contributed by atoms with van der Waals surface area (Å²) in [5.41, 5.74) is 2.72. The Morgan fingerprint density at radius 3 is 2.25 bits per heavy atom. The van der Waals surface area contributed by atoms with Crippen molar-refractivity contribution in [3.8, 4) is 5.75 Å². The van der Waals surface area contributed by atoms with Crippen LogP contribution in [0.15, 0.2) is 82.2 Å². The van der Waals surface area contributed by atoms with Crippen molar-refractivity contribution in [3.63, 3.8) is 0 Å². The molecule has 28 heavy (non-hydrogen) atoms. The normalized spacial score (nSPS) is 11.3. The molecule has 0 spiro atoms. The van der Waals surface area contributed by atoms with E-state index in [2.05, 4.69) is 15.9 Å². The van der Waals surface area contributed by atoms with E-state index in [1.807, 2.05) is 78.9 Å². The van der Waals surface area contributed by atoms with Gasteiger partial charge in [0.2, 0.25) is 0 Å². The van der Waals surface area contributed by atoms with Crippen LogP contribution in [0.2, 0.25) is 5.02 Å². The van der Waals surface area contributed by atoms with Gasteiger partial charge in [0.25, 0.3) is 0 Å². The summed E-state index contributed by atoms with van der Waals surface area (Å²) in [5, 5.41) is 0.702. The van der Waals surface area contributed by atoms with Crippen molar-refractivity contribution in [2.75, 3.05) is 7.11 Å². The van der Waals surface area contributed by atoms with Gasteiger partial charge in [0, 0.05) is 20.8 Å². The Kier molecular flexibility index (Phi) is 7.37. The number of ketones is 1. The van der Waals surface area contributed by atoms with Crippen molar-refractivity contribution in [1.29, 1.82) is 0 Å². The Balaban J connectivity index is 1.87. The Labute approximate surface area is 182 Å². The number of carbonyl (C=O) groups is 1. The number of benzene rings is 3. The average molecular weight is 474 g/mol. The van der Waals surface area contributed by atoms with E-state index < -0.39 is 0 Å². The first-order chi connectivity index (χ1) is 13.5.